The third-order valence-electron chi connectivity index (χ3n) is 1.35. The number of amides is 2. The van der Waals surface area contributed by atoms with Crippen molar-refractivity contribution < 1.29 is 19.4 Å². The molecular formula is C5H12N3O4PS. The van der Waals surface area contributed by atoms with Gasteiger partial charge in [-0.1, -0.05) is 0 Å². The van der Waals surface area contributed by atoms with Crippen molar-refractivity contribution in [3.05, 3.63) is 0 Å². The highest BCUT2D eigenvalue weighted by Crippen LogP contribution is 2.30. The van der Waals surface area contributed by atoms with Crippen molar-refractivity contribution >= 4 is 30.3 Å². The lowest BCUT2D eigenvalue weighted by Gasteiger charge is -2.17. The van der Waals surface area contributed by atoms with E-state index in [1.807, 2.05) is 0 Å². The predicted octanol–water partition coefficient (Wildman–Crippen LogP) is -2.10. The first kappa shape index (κ1) is 13.5. The Bertz CT molecular complexity index is 278. The third kappa shape index (κ3) is 6.93. The van der Waals surface area contributed by atoms with Crippen LogP contribution in [0.25, 0.3) is 0 Å². The largest absolute Gasteiger partial charge is 0.370 e. The molecule has 0 aromatic heterocycles. The van der Waals surface area contributed by atoms with Crippen molar-refractivity contribution in [1.82, 2.24) is 5.09 Å². The minimum absolute atomic E-state index is 0.00975. The molecule has 0 fully saturated rings. The first-order valence-electron chi connectivity index (χ1n) is 3.63. The summed E-state index contributed by atoms with van der Waals surface area (Å²) in [5.41, 5.74) is 9.77. The fourth-order valence-electron chi connectivity index (χ4n) is 0.760. The number of carbonyl (C=O) groups excluding carboxylic acids is 2. The number of hydrogen-bond acceptors (Lipinski definition) is 3. The molecule has 0 aliphatic carbocycles. The number of primary amides is 2. The van der Waals surface area contributed by atoms with Gasteiger partial charge in [0.1, 0.15) is 0 Å². The minimum atomic E-state index is -3.71. The van der Waals surface area contributed by atoms with Crippen LogP contribution < -0.4 is 16.6 Å². The Kier molecular flexibility index (Phi) is 5.17. The number of nitrogens with two attached hydrogens (primary N) is 2. The van der Waals surface area contributed by atoms with Gasteiger partial charge in [-0.2, -0.15) is 0 Å². The van der Waals surface area contributed by atoms with Crippen molar-refractivity contribution in [3.63, 3.8) is 0 Å². The highest BCUT2D eigenvalue weighted by Gasteiger charge is 2.21. The highest BCUT2D eigenvalue weighted by atomic mass is 32.5. The molecule has 7 N–H and O–H groups in total. The van der Waals surface area contributed by atoms with Crippen molar-refractivity contribution in [2.45, 2.75) is 18.9 Å². The second kappa shape index (κ2) is 5.38. The average molecular weight is 241 g/mol. The Morgan fingerprint density at radius 2 is 1.93 bits per heavy atom. The Balaban J connectivity index is 4.24. The first-order chi connectivity index (χ1) is 6.22. The molecule has 0 aliphatic heterocycles. The van der Waals surface area contributed by atoms with Crippen LogP contribution in [0, 0.1) is 0 Å². The van der Waals surface area contributed by atoms with E-state index >= 15 is 0 Å². The fraction of sp³-hybridized carbons (Fsp3) is 0.600. The van der Waals surface area contributed by atoms with Crippen LogP contribution in [0.5, 0.6) is 0 Å². The maximum Gasteiger partial charge on any atom is 0.256 e. The Labute approximate surface area is 85.7 Å². The van der Waals surface area contributed by atoms with Crippen LogP contribution in [0.1, 0.15) is 12.8 Å². The summed E-state index contributed by atoms with van der Waals surface area (Å²) >= 11 is 4.25. The van der Waals surface area contributed by atoms with Crippen LogP contribution in [0.4, 0.5) is 0 Å². The van der Waals surface area contributed by atoms with E-state index in [0.29, 0.717) is 0 Å². The van der Waals surface area contributed by atoms with E-state index in [1.165, 1.54) is 0 Å². The molecule has 14 heavy (non-hydrogen) atoms. The molecule has 0 aromatic carbocycles. The van der Waals surface area contributed by atoms with E-state index in [-0.39, 0.29) is 12.8 Å². The molecule has 0 aromatic rings. The predicted molar refractivity (Wildman–Crippen MR) is 53.3 cm³/mol. The van der Waals surface area contributed by atoms with Gasteiger partial charge < -0.3 is 21.3 Å². The van der Waals surface area contributed by atoms with Gasteiger partial charge in [-0.15, -0.1) is 0 Å². The van der Waals surface area contributed by atoms with Gasteiger partial charge in [0.2, 0.25) is 11.8 Å². The van der Waals surface area contributed by atoms with Gasteiger partial charge in [0.15, 0.2) is 0 Å². The normalized spacial score (nSPS) is 13.6. The van der Waals surface area contributed by atoms with E-state index in [4.69, 9.17) is 21.3 Å². The molecule has 0 heterocycles. The van der Waals surface area contributed by atoms with Crippen LogP contribution in [0.15, 0.2) is 0 Å². The monoisotopic (exact) mass is 241 g/mol. The lowest BCUT2D eigenvalue weighted by atomic mass is 10.1. The molecule has 0 saturated heterocycles. The zero-order chi connectivity index (χ0) is 11.4. The van der Waals surface area contributed by atoms with Gasteiger partial charge in [-0.05, 0) is 18.2 Å². The van der Waals surface area contributed by atoms with E-state index in [2.05, 4.69) is 16.9 Å². The van der Waals surface area contributed by atoms with E-state index < -0.39 is 24.5 Å². The fourth-order valence-corrected chi connectivity index (χ4v) is 1.80. The van der Waals surface area contributed by atoms with Crippen LogP contribution in [0.3, 0.4) is 0 Å². The summed E-state index contributed by atoms with van der Waals surface area (Å²) in [5, 5.41) is 2.07. The maximum atomic E-state index is 10.7. The van der Waals surface area contributed by atoms with Gasteiger partial charge in [0.05, 0.1) is 6.04 Å². The van der Waals surface area contributed by atoms with Crippen LogP contribution in [0.2, 0.25) is 0 Å². The molecule has 0 radical (unpaired) electrons. The zero-order valence-electron chi connectivity index (χ0n) is 7.21. The average Bonchev–Trinajstić information content (AvgIpc) is 1.94. The third-order valence-corrected chi connectivity index (χ3v) is 2.31. The number of carbonyl (C=O) groups is 2. The maximum absolute atomic E-state index is 10.7. The summed E-state index contributed by atoms with van der Waals surface area (Å²) in [6.45, 7) is -3.71. The van der Waals surface area contributed by atoms with Crippen molar-refractivity contribution in [3.8, 4) is 0 Å². The SMILES string of the molecule is NC(=O)CC[C@H](NP(O)(O)=S)C(N)=O. The summed E-state index contributed by atoms with van der Waals surface area (Å²) < 4.78 is 0. The molecule has 82 valence electrons. The summed E-state index contributed by atoms with van der Waals surface area (Å²) in [6.07, 6.45) is -0.0971. The molecule has 7 nitrogen and oxygen atoms in total. The van der Waals surface area contributed by atoms with Crippen LogP contribution in [-0.4, -0.2) is 27.6 Å². The lowest BCUT2D eigenvalue weighted by molar-refractivity contribution is -0.120. The Hall–Kier alpha value is -0.530. The van der Waals surface area contributed by atoms with Crippen molar-refractivity contribution in [2.75, 3.05) is 0 Å². The zero-order valence-corrected chi connectivity index (χ0v) is 8.92. The second-order valence-corrected chi connectivity index (χ2v) is 5.51. The molecule has 9 heteroatoms. The smallest absolute Gasteiger partial charge is 0.256 e. The van der Waals surface area contributed by atoms with Crippen LogP contribution in [-0.2, 0) is 21.4 Å². The van der Waals surface area contributed by atoms with Gasteiger partial charge >= 0.3 is 0 Å². The molecule has 1 atom stereocenters. The first-order valence-corrected chi connectivity index (χ1v) is 6.34. The summed E-state index contributed by atoms with van der Waals surface area (Å²) in [6, 6.07) is -1.05. The highest BCUT2D eigenvalue weighted by molar-refractivity contribution is 8.08. The van der Waals surface area contributed by atoms with Crippen molar-refractivity contribution in [2.24, 2.45) is 11.5 Å². The number of nitrogens with one attached hydrogen (secondary N) is 1. The quantitative estimate of drug-likeness (QED) is 0.338. The molecule has 0 spiro atoms. The molecule has 0 bridgehead atoms. The lowest BCUT2D eigenvalue weighted by Crippen LogP contribution is -2.40. The Morgan fingerprint density at radius 1 is 1.43 bits per heavy atom. The number of rotatable bonds is 6. The second-order valence-electron chi connectivity index (χ2n) is 2.63. The van der Waals surface area contributed by atoms with E-state index in [0.717, 1.165) is 0 Å². The summed E-state index contributed by atoms with van der Waals surface area (Å²) in [7, 11) is 0. The standard InChI is InChI=1S/C5H12N3O4PS/c6-4(9)2-1-3(5(7)10)8-13(11,12)14/h3H,1-2H2,(H2,6,9)(H2,7,10)(H3,8,11,12,14)/t3-/m0/s1. The topological polar surface area (TPSA) is 139 Å². The van der Waals surface area contributed by atoms with E-state index in [9.17, 15) is 9.59 Å². The molecule has 0 saturated carbocycles. The Morgan fingerprint density at radius 3 is 2.21 bits per heavy atom. The van der Waals surface area contributed by atoms with Gasteiger partial charge in [-0.25, -0.2) is 5.09 Å². The van der Waals surface area contributed by atoms with Crippen LogP contribution >= 0.6 is 6.64 Å². The summed E-state index contributed by atoms with van der Waals surface area (Å²) in [5.74, 6) is -1.43. The molecule has 0 aliphatic rings. The van der Waals surface area contributed by atoms with Gasteiger partial charge in [0, 0.05) is 6.42 Å². The minimum Gasteiger partial charge on any atom is -0.370 e. The van der Waals surface area contributed by atoms with Crippen molar-refractivity contribution in [1.29, 1.82) is 0 Å². The van der Waals surface area contributed by atoms with Gasteiger partial charge in [-0.3, -0.25) is 9.59 Å². The summed E-state index contributed by atoms with van der Waals surface area (Å²) in [4.78, 5) is 38.8. The molecule has 0 rings (SSSR count). The molecule has 0 unspecified atom stereocenters. The van der Waals surface area contributed by atoms with E-state index in [1.54, 1.807) is 0 Å². The number of hydrogen-bond donors (Lipinski definition) is 5. The molecular weight excluding hydrogens is 229 g/mol. The van der Waals surface area contributed by atoms with Gasteiger partial charge in [0.25, 0.3) is 6.64 Å². The molecule has 2 amide bonds.